The molecule has 162 valence electrons. The van der Waals surface area contributed by atoms with Crippen LogP contribution in [0.4, 0.5) is 10.5 Å². The number of amides is 2. The molecule has 1 aliphatic heterocycles. The van der Waals surface area contributed by atoms with Gasteiger partial charge in [-0.05, 0) is 39.0 Å². The minimum atomic E-state index is -0.935. The largest absolute Gasteiger partial charge is 0.443 e. The van der Waals surface area contributed by atoms with E-state index in [0.717, 1.165) is 4.90 Å². The molecule has 2 heterocycles. The molecule has 1 fully saturated rings. The summed E-state index contributed by atoms with van der Waals surface area (Å²) in [7, 11) is 0. The Labute approximate surface area is 184 Å². The maximum atomic E-state index is 13.6. The molecule has 2 aliphatic rings. The zero-order chi connectivity index (χ0) is 22.8. The number of benzene rings is 2. The zero-order valence-corrected chi connectivity index (χ0v) is 18.0. The fourth-order valence-electron chi connectivity index (χ4n) is 4.73. The maximum absolute atomic E-state index is 13.6. The number of carbonyl (C=O) groups excluding carboxylic acids is 4. The number of hydrogen-bond donors (Lipinski definition) is 0. The molecule has 0 spiro atoms. The molecule has 1 aromatic heterocycles. The molecule has 0 N–H and O–H groups in total. The van der Waals surface area contributed by atoms with Crippen LogP contribution in [0.1, 0.15) is 49.2 Å². The first-order valence-corrected chi connectivity index (χ1v) is 10.5. The molecule has 0 radical (unpaired) electrons. The second-order valence-electron chi connectivity index (χ2n) is 9.15. The van der Waals surface area contributed by atoms with Crippen molar-refractivity contribution in [1.82, 2.24) is 4.57 Å². The number of ether oxygens (including phenoxy) is 1. The van der Waals surface area contributed by atoms with Gasteiger partial charge in [0.25, 0.3) is 0 Å². The molecule has 2 atom stereocenters. The quantitative estimate of drug-likeness (QED) is 0.538. The number of Topliss-reactive ketones (excluding diaryl/α,β-unsaturated/α-hetero) is 1. The number of fused-ring (bicyclic) bond motifs is 5. The van der Waals surface area contributed by atoms with Gasteiger partial charge in [-0.3, -0.25) is 14.4 Å². The van der Waals surface area contributed by atoms with Crippen LogP contribution in [-0.2, 0) is 14.3 Å². The van der Waals surface area contributed by atoms with Gasteiger partial charge in [0.2, 0.25) is 11.8 Å². The lowest BCUT2D eigenvalue weighted by Gasteiger charge is -2.25. The van der Waals surface area contributed by atoms with Crippen molar-refractivity contribution in [2.24, 2.45) is 5.92 Å². The van der Waals surface area contributed by atoms with Gasteiger partial charge in [0.15, 0.2) is 5.78 Å². The summed E-state index contributed by atoms with van der Waals surface area (Å²) >= 11 is 0. The van der Waals surface area contributed by atoms with Gasteiger partial charge in [-0.2, -0.15) is 0 Å². The second-order valence-corrected chi connectivity index (χ2v) is 9.15. The van der Waals surface area contributed by atoms with Crippen molar-refractivity contribution < 1.29 is 23.9 Å². The number of anilines is 1. The summed E-state index contributed by atoms with van der Waals surface area (Å²) in [6.07, 6.45) is -0.754. The predicted molar refractivity (Wildman–Crippen MR) is 118 cm³/mol. The van der Waals surface area contributed by atoms with Crippen LogP contribution in [0.15, 0.2) is 54.6 Å². The van der Waals surface area contributed by atoms with Crippen molar-refractivity contribution in [2.45, 2.75) is 38.7 Å². The monoisotopic (exact) mass is 430 g/mol. The van der Waals surface area contributed by atoms with Crippen molar-refractivity contribution in [1.29, 1.82) is 0 Å². The Hall–Kier alpha value is -3.74. The molecule has 1 aliphatic carbocycles. The number of carbonyl (C=O) groups is 4. The minimum Gasteiger partial charge on any atom is -0.443 e. The Morgan fingerprint density at radius 2 is 1.59 bits per heavy atom. The van der Waals surface area contributed by atoms with E-state index < -0.39 is 35.3 Å². The van der Waals surface area contributed by atoms with E-state index in [4.69, 9.17) is 4.74 Å². The lowest BCUT2D eigenvalue weighted by molar-refractivity contribution is -0.122. The zero-order valence-electron chi connectivity index (χ0n) is 18.0. The highest BCUT2D eigenvalue weighted by Gasteiger charge is 2.55. The standard InChI is InChI=1S/C25H22N2O5/c1-25(2,3)32-24(31)27-17-12-8-7-11-15(17)19-18(28)13-16-20(21(19)27)23(30)26(22(16)29)14-9-5-4-6-10-14/h4-12,16,20H,13H2,1-3H3. The van der Waals surface area contributed by atoms with Crippen molar-refractivity contribution >= 4 is 40.3 Å². The molecule has 2 aromatic carbocycles. The summed E-state index contributed by atoms with van der Waals surface area (Å²) < 4.78 is 6.93. The van der Waals surface area contributed by atoms with Crippen molar-refractivity contribution in [3.8, 4) is 0 Å². The molecule has 32 heavy (non-hydrogen) atoms. The van der Waals surface area contributed by atoms with E-state index in [9.17, 15) is 19.2 Å². The average molecular weight is 430 g/mol. The SMILES string of the molecule is CC(C)(C)OC(=O)n1c2c(c3ccccc31)C(=O)CC1C(=O)N(c3ccccc3)C(=O)C21. The van der Waals surface area contributed by atoms with Crippen LogP contribution in [0.3, 0.4) is 0 Å². The fourth-order valence-corrected chi connectivity index (χ4v) is 4.73. The molecule has 2 unspecified atom stereocenters. The van der Waals surface area contributed by atoms with E-state index in [1.165, 1.54) is 4.57 Å². The lowest BCUT2D eigenvalue weighted by Crippen LogP contribution is -2.33. The van der Waals surface area contributed by atoms with Gasteiger partial charge in [-0.15, -0.1) is 0 Å². The number of nitrogens with zero attached hydrogens (tertiary/aromatic N) is 2. The Balaban J connectivity index is 1.75. The molecule has 7 nitrogen and oxygen atoms in total. The predicted octanol–water partition coefficient (Wildman–Crippen LogP) is 4.28. The maximum Gasteiger partial charge on any atom is 0.419 e. The molecule has 7 heteroatoms. The van der Waals surface area contributed by atoms with Crippen LogP contribution >= 0.6 is 0 Å². The van der Waals surface area contributed by atoms with E-state index in [-0.39, 0.29) is 17.9 Å². The summed E-state index contributed by atoms with van der Waals surface area (Å²) in [5.41, 5.74) is 0.728. The summed E-state index contributed by atoms with van der Waals surface area (Å²) in [5, 5.41) is 0.579. The van der Waals surface area contributed by atoms with Crippen LogP contribution in [0, 0.1) is 5.92 Å². The number of aromatic nitrogens is 1. The molecule has 0 bridgehead atoms. The Kier molecular flexibility index (Phi) is 4.34. The van der Waals surface area contributed by atoms with E-state index in [1.54, 1.807) is 75.4 Å². The second kappa shape index (κ2) is 6.88. The number of para-hydroxylation sites is 2. The summed E-state index contributed by atoms with van der Waals surface area (Å²) in [6.45, 7) is 5.25. The molecule has 0 saturated carbocycles. The van der Waals surface area contributed by atoms with Gasteiger partial charge >= 0.3 is 6.09 Å². The van der Waals surface area contributed by atoms with Gasteiger partial charge in [-0.25, -0.2) is 14.3 Å². The van der Waals surface area contributed by atoms with Crippen molar-refractivity contribution in [3.63, 3.8) is 0 Å². The topological polar surface area (TPSA) is 85.7 Å². The first kappa shape index (κ1) is 20.2. The third-order valence-electron chi connectivity index (χ3n) is 5.91. The first-order valence-electron chi connectivity index (χ1n) is 10.5. The Morgan fingerprint density at radius 3 is 2.28 bits per heavy atom. The van der Waals surface area contributed by atoms with Gasteiger partial charge in [0, 0.05) is 17.4 Å². The first-order chi connectivity index (χ1) is 15.2. The number of ketones is 1. The highest BCUT2D eigenvalue weighted by molar-refractivity contribution is 6.27. The van der Waals surface area contributed by atoms with Crippen molar-refractivity contribution in [3.05, 3.63) is 65.9 Å². The summed E-state index contributed by atoms with van der Waals surface area (Å²) in [4.78, 5) is 54.5. The van der Waals surface area contributed by atoms with Crippen LogP contribution < -0.4 is 4.90 Å². The molecular formula is C25H22N2O5. The van der Waals surface area contributed by atoms with Gasteiger partial charge in [0.05, 0.1) is 28.7 Å². The average Bonchev–Trinajstić information content (AvgIpc) is 3.20. The molecule has 1 saturated heterocycles. The van der Waals surface area contributed by atoms with E-state index in [0.29, 0.717) is 22.2 Å². The highest BCUT2D eigenvalue weighted by atomic mass is 16.6. The van der Waals surface area contributed by atoms with Crippen LogP contribution in [0.25, 0.3) is 10.9 Å². The Bertz CT molecular complexity index is 1300. The third-order valence-corrected chi connectivity index (χ3v) is 5.91. The Morgan fingerprint density at radius 1 is 0.938 bits per heavy atom. The molecule has 2 amide bonds. The smallest absolute Gasteiger partial charge is 0.419 e. The van der Waals surface area contributed by atoms with Gasteiger partial charge in [-0.1, -0.05) is 36.4 Å². The van der Waals surface area contributed by atoms with Crippen molar-refractivity contribution in [2.75, 3.05) is 4.90 Å². The van der Waals surface area contributed by atoms with E-state index in [1.807, 2.05) is 0 Å². The number of hydrogen-bond acceptors (Lipinski definition) is 5. The highest BCUT2D eigenvalue weighted by Crippen LogP contribution is 2.47. The van der Waals surface area contributed by atoms with Gasteiger partial charge in [0.1, 0.15) is 5.60 Å². The number of rotatable bonds is 1. The molecule has 5 rings (SSSR count). The van der Waals surface area contributed by atoms with Crippen LogP contribution in [0.2, 0.25) is 0 Å². The van der Waals surface area contributed by atoms with Crippen LogP contribution in [-0.4, -0.2) is 33.9 Å². The fraction of sp³-hybridized carbons (Fsp3) is 0.280. The van der Waals surface area contributed by atoms with Crippen LogP contribution in [0.5, 0.6) is 0 Å². The van der Waals surface area contributed by atoms with Gasteiger partial charge < -0.3 is 4.74 Å². The normalized spacial score (nSPS) is 20.5. The molecular weight excluding hydrogens is 408 g/mol. The molecule has 3 aromatic rings. The minimum absolute atomic E-state index is 0.0755. The lowest BCUT2D eigenvalue weighted by atomic mass is 9.78. The third kappa shape index (κ3) is 2.88. The number of imide groups is 1. The van der Waals surface area contributed by atoms with E-state index in [2.05, 4.69) is 0 Å². The summed E-state index contributed by atoms with van der Waals surface area (Å²) in [5.74, 6) is -2.90. The van der Waals surface area contributed by atoms with E-state index >= 15 is 0 Å². The summed E-state index contributed by atoms with van der Waals surface area (Å²) in [6, 6.07) is 15.6.